The molecule has 1 fully saturated rings. The Morgan fingerprint density at radius 2 is 1.60 bits per heavy atom. The summed E-state index contributed by atoms with van der Waals surface area (Å²) in [5.74, 6) is 0.878. The van der Waals surface area contributed by atoms with Crippen LogP contribution in [0.15, 0.2) is 0 Å². The maximum Gasteiger partial charge on any atom is 0.0578 e. The number of rotatable bonds is 8. The molecule has 0 N–H and O–H groups in total. The monoisotopic (exact) mass is 212 g/mol. The zero-order chi connectivity index (χ0) is 10.9. The highest BCUT2D eigenvalue weighted by atomic mass is 16.5. The fraction of sp³-hybridized carbons (Fsp3) is 1.00. The molecule has 0 amide bonds. The van der Waals surface area contributed by atoms with Crippen molar-refractivity contribution in [3.05, 3.63) is 0 Å². The van der Waals surface area contributed by atoms with Crippen LogP contribution in [0.3, 0.4) is 0 Å². The standard InChI is InChI=1S/C14H28O/c1-3-5-7-9-13-11-14(15-12-13)10-8-6-4-2/h13-14H,3-12H2,1-2H3. The lowest BCUT2D eigenvalue weighted by Gasteiger charge is -2.08. The van der Waals surface area contributed by atoms with Crippen LogP contribution in [0.5, 0.6) is 0 Å². The van der Waals surface area contributed by atoms with E-state index in [1.807, 2.05) is 0 Å². The molecule has 0 aliphatic carbocycles. The van der Waals surface area contributed by atoms with E-state index < -0.39 is 0 Å². The van der Waals surface area contributed by atoms with E-state index in [0.717, 1.165) is 12.5 Å². The Hall–Kier alpha value is -0.0400. The molecule has 1 saturated heterocycles. The highest BCUT2D eigenvalue weighted by molar-refractivity contribution is 4.73. The van der Waals surface area contributed by atoms with Gasteiger partial charge in [-0.15, -0.1) is 0 Å². The van der Waals surface area contributed by atoms with Gasteiger partial charge in [-0.1, -0.05) is 52.4 Å². The lowest BCUT2D eigenvalue weighted by molar-refractivity contribution is 0.0974. The second-order valence-electron chi connectivity index (χ2n) is 5.05. The van der Waals surface area contributed by atoms with E-state index >= 15 is 0 Å². The number of hydrogen-bond acceptors (Lipinski definition) is 1. The van der Waals surface area contributed by atoms with Crippen molar-refractivity contribution in [1.29, 1.82) is 0 Å². The molecule has 1 nitrogen and oxygen atoms in total. The molecule has 2 atom stereocenters. The number of unbranched alkanes of at least 4 members (excludes halogenated alkanes) is 4. The van der Waals surface area contributed by atoms with Crippen LogP contribution < -0.4 is 0 Å². The minimum atomic E-state index is 0.600. The van der Waals surface area contributed by atoms with Crippen LogP contribution in [-0.2, 0) is 4.74 Å². The SMILES string of the molecule is CCCCCC1COC(CCCCC)C1. The van der Waals surface area contributed by atoms with Crippen LogP contribution in [-0.4, -0.2) is 12.7 Å². The molecule has 0 aromatic rings. The lowest BCUT2D eigenvalue weighted by atomic mass is 9.96. The van der Waals surface area contributed by atoms with Crippen molar-refractivity contribution in [2.75, 3.05) is 6.61 Å². The summed E-state index contributed by atoms with van der Waals surface area (Å²) in [4.78, 5) is 0. The summed E-state index contributed by atoms with van der Waals surface area (Å²) in [5, 5.41) is 0. The van der Waals surface area contributed by atoms with Crippen molar-refractivity contribution in [2.45, 2.75) is 77.7 Å². The summed E-state index contributed by atoms with van der Waals surface area (Å²) in [6.45, 7) is 5.59. The molecule has 0 aromatic heterocycles. The third kappa shape index (κ3) is 5.55. The summed E-state index contributed by atoms with van der Waals surface area (Å²) in [7, 11) is 0. The second kappa shape index (κ2) is 8.15. The first-order valence-electron chi connectivity index (χ1n) is 6.98. The molecular weight excluding hydrogens is 184 g/mol. The maximum absolute atomic E-state index is 5.84. The minimum absolute atomic E-state index is 0.600. The van der Waals surface area contributed by atoms with Gasteiger partial charge in [0.25, 0.3) is 0 Å². The Kier molecular flexibility index (Phi) is 7.08. The molecule has 0 spiro atoms. The van der Waals surface area contributed by atoms with Crippen LogP contribution in [0.2, 0.25) is 0 Å². The zero-order valence-corrected chi connectivity index (χ0v) is 10.6. The van der Waals surface area contributed by atoms with Crippen molar-refractivity contribution in [3.8, 4) is 0 Å². The summed E-state index contributed by atoms with van der Waals surface area (Å²) in [6.07, 6.45) is 12.9. The molecular formula is C14H28O. The molecule has 0 bridgehead atoms. The van der Waals surface area contributed by atoms with Gasteiger partial charge in [0.2, 0.25) is 0 Å². The van der Waals surface area contributed by atoms with Gasteiger partial charge >= 0.3 is 0 Å². The zero-order valence-electron chi connectivity index (χ0n) is 10.6. The first kappa shape index (κ1) is 13.0. The quantitative estimate of drug-likeness (QED) is 0.536. The Balaban J connectivity index is 1.99. The van der Waals surface area contributed by atoms with Crippen LogP contribution in [0.25, 0.3) is 0 Å². The van der Waals surface area contributed by atoms with Crippen molar-refractivity contribution >= 4 is 0 Å². The van der Waals surface area contributed by atoms with Gasteiger partial charge in [-0.2, -0.15) is 0 Å². The molecule has 15 heavy (non-hydrogen) atoms. The average molecular weight is 212 g/mol. The van der Waals surface area contributed by atoms with Gasteiger partial charge in [0.15, 0.2) is 0 Å². The highest BCUT2D eigenvalue weighted by Gasteiger charge is 2.24. The van der Waals surface area contributed by atoms with E-state index in [2.05, 4.69) is 13.8 Å². The smallest absolute Gasteiger partial charge is 0.0578 e. The van der Waals surface area contributed by atoms with Gasteiger partial charge in [0, 0.05) is 6.61 Å². The van der Waals surface area contributed by atoms with Crippen LogP contribution >= 0.6 is 0 Å². The van der Waals surface area contributed by atoms with Gasteiger partial charge in [-0.3, -0.25) is 0 Å². The first-order valence-corrected chi connectivity index (χ1v) is 6.98. The molecule has 0 aromatic carbocycles. The van der Waals surface area contributed by atoms with E-state index in [1.165, 1.54) is 57.8 Å². The van der Waals surface area contributed by atoms with Gasteiger partial charge in [-0.05, 0) is 25.2 Å². The van der Waals surface area contributed by atoms with E-state index in [1.54, 1.807) is 0 Å². The fourth-order valence-corrected chi connectivity index (χ4v) is 2.49. The summed E-state index contributed by atoms with van der Waals surface area (Å²) < 4.78 is 5.84. The maximum atomic E-state index is 5.84. The first-order chi connectivity index (χ1) is 7.36. The minimum Gasteiger partial charge on any atom is -0.378 e. The van der Waals surface area contributed by atoms with E-state index in [0.29, 0.717) is 6.10 Å². The van der Waals surface area contributed by atoms with Crippen LogP contribution in [0, 0.1) is 5.92 Å². The highest BCUT2D eigenvalue weighted by Crippen LogP contribution is 2.27. The normalized spacial score (nSPS) is 26.0. The van der Waals surface area contributed by atoms with Gasteiger partial charge in [-0.25, -0.2) is 0 Å². The van der Waals surface area contributed by atoms with Crippen molar-refractivity contribution in [1.82, 2.24) is 0 Å². The van der Waals surface area contributed by atoms with Crippen molar-refractivity contribution < 1.29 is 4.74 Å². The van der Waals surface area contributed by atoms with E-state index in [-0.39, 0.29) is 0 Å². The third-order valence-electron chi connectivity index (χ3n) is 3.51. The molecule has 1 heteroatoms. The summed E-state index contributed by atoms with van der Waals surface area (Å²) in [5.41, 5.74) is 0. The topological polar surface area (TPSA) is 9.23 Å². The van der Waals surface area contributed by atoms with Gasteiger partial charge in [0.1, 0.15) is 0 Å². The Morgan fingerprint density at radius 1 is 0.933 bits per heavy atom. The second-order valence-corrected chi connectivity index (χ2v) is 5.05. The van der Waals surface area contributed by atoms with Crippen LogP contribution in [0.1, 0.15) is 71.6 Å². The molecule has 90 valence electrons. The third-order valence-corrected chi connectivity index (χ3v) is 3.51. The van der Waals surface area contributed by atoms with E-state index in [4.69, 9.17) is 4.74 Å². The number of ether oxygens (including phenoxy) is 1. The van der Waals surface area contributed by atoms with Gasteiger partial charge < -0.3 is 4.74 Å². The predicted octanol–water partition coefficient (Wildman–Crippen LogP) is 4.55. The van der Waals surface area contributed by atoms with Crippen LogP contribution in [0.4, 0.5) is 0 Å². The molecule has 1 aliphatic rings. The molecule has 2 unspecified atom stereocenters. The fourth-order valence-electron chi connectivity index (χ4n) is 2.49. The predicted molar refractivity (Wildman–Crippen MR) is 66.1 cm³/mol. The average Bonchev–Trinajstić information content (AvgIpc) is 2.67. The lowest BCUT2D eigenvalue weighted by Crippen LogP contribution is -2.04. The largest absolute Gasteiger partial charge is 0.378 e. The number of hydrogen-bond donors (Lipinski definition) is 0. The molecule has 1 rings (SSSR count). The molecule has 0 radical (unpaired) electrons. The van der Waals surface area contributed by atoms with Crippen molar-refractivity contribution in [3.63, 3.8) is 0 Å². The molecule has 0 saturated carbocycles. The molecule has 1 heterocycles. The summed E-state index contributed by atoms with van der Waals surface area (Å²) in [6, 6.07) is 0. The van der Waals surface area contributed by atoms with Crippen molar-refractivity contribution in [2.24, 2.45) is 5.92 Å². The molecule has 1 aliphatic heterocycles. The Bertz CT molecular complexity index is 128. The Morgan fingerprint density at radius 3 is 2.27 bits per heavy atom. The Labute approximate surface area is 95.6 Å². The van der Waals surface area contributed by atoms with E-state index in [9.17, 15) is 0 Å². The summed E-state index contributed by atoms with van der Waals surface area (Å²) >= 11 is 0. The van der Waals surface area contributed by atoms with Gasteiger partial charge in [0.05, 0.1) is 6.10 Å².